The number of amides is 3. The lowest BCUT2D eigenvalue weighted by Gasteiger charge is -2.25. The van der Waals surface area contributed by atoms with Gasteiger partial charge in [0.1, 0.15) is 12.7 Å². The zero-order valence-electron chi connectivity index (χ0n) is 20.9. The van der Waals surface area contributed by atoms with Crippen molar-refractivity contribution in [1.82, 2.24) is 4.90 Å². The second-order valence-corrected chi connectivity index (χ2v) is 8.87. The maximum Gasteiger partial charge on any atom is 0.417 e. The number of hydrogen-bond donors (Lipinski definition) is 1. The molecule has 3 amide bonds. The molecule has 1 N–H and O–H groups in total. The minimum absolute atomic E-state index is 0.156. The SMILES string of the molecule is CCO[C@@H](Cc1ccc(-c2cccc(N(C)C(=O)O)c2)cc1)C(=O)N1C(=O)OCC1Cc1ccccc1. The van der Waals surface area contributed by atoms with Crippen LogP contribution in [0.5, 0.6) is 0 Å². The molecule has 0 saturated carbocycles. The van der Waals surface area contributed by atoms with Crippen molar-refractivity contribution in [3.8, 4) is 11.1 Å². The Morgan fingerprint density at radius 2 is 1.76 bits per heavy atom. The third-order valence-corrected chi connectivity index (χ3v) is 6.38. The Balaban J connectivity index is 1.48. The molecule has 0 radical (unpaired) electrons. The van der Waals surface area contributed by atoms with Crippen LogP contribution in [0.15, 0.2) is 78.9 Å². The first-order valence-electron chi connectivity index (χ1n) is 12.2. The third kappa shape index (κ3) is 6.16. The molecular formula is C29H30N2O6. The summed E-state index contributed by atoms with van der Waals surface area (Å²) in [7, 11) is 1.50. The van der Waals surface area contributed by atoms with E-state index < -0.39 is 24.2 Å². The van der Waals surface area contributed by atoms with Crippen molar-refractivity contribution < 1.29 is 29.0 Å². The second kappa shape index (κ2) is 11.7. The second-order valence-electron chi connectivity index (χ2n) is 8.87. The number of carbonyl (C=O) groups is 3. The van der Waals surface area contributed by atoms with Gasteiger partial charge < -0.3 is 14.6 Å². The van der Waals surface area contributed by atoms with Crippen molar-refractivity contribution in [2.24, 2.45) is 0 Å². The van der Waals surface area contributed by atoms with E-state index in [9.17, 15) is 19.5 Å². The molecule has 0 bridgehead atoms. The average molecular weight is 503 g/mol. The molecule has 1 aliphatic rings. The predicted octanol–water partition coefficient (Wildman–Crippen LogP) is 5.01. The van der Waals surface area contributed by atoms with Gasteiger partial charge in [0.15, 0.2) is 0 Å². The summed E-state index contributed by atoms with van der Waals surface area (Å²) in [5.74, 6) is -0.404. The molecule has 37 heavy (non-hydrogen) atoms. The Morgan fingerprint density at radius 1 is 1.03 bits per heavy atom. The summed E-state index contributed by atoms with van der Waals surface area (Å²) in [6.07, 6.45) is -1.69. The summed E-state index contributed by atoms with van der Waals surface area (Å²) in [6, 6.07) is 24.2. The van der Waals surface area contributed by atoms with Crippen LogP contribution < -0.4 is 4.90 Å². The monoisotopic (exact) mass is 502 g/mol. The van der Waals surface area contributed by atoms with E-state index in [0.717, 1.165) is 27.2 Å². The Bertz CT molecular complexity index is 1240. The molecule has 1 fully saturated rings. The Hall–Kier alpha value is -4.17. The van der Waals surface area contributed by atoms with Gasteiger partial charge in [0.05, 0.1) is 6.04 Å². The topological polar surface area (TPSA) is 96.4 Å². The highest BCUT2D eigenvalue weighted by molar-refractivity contribution is 5.96. The fourth-order valence-corrected chi connectivity index (χ4v) is 4.39. The lowest BCUT2D eigenvalue weighted by Crippen LogP contribution is -2.47. The van der Waals surface area contributed by atoms with Crippen LogP contribution in [0.3, 0.4) is 0 Å². The number of imide groups is 1. The van der Waals surface area contributed by atoms with E-state index in [-0.39, 0.29) is 12.6 Å². The Morgan fingerprint density at radius 3 is 2.43 bits per heavy atom. The first-order chi connectivity index (χ1) is 17.9. The normalized spacial score (nSPS) is 15.8. The van der Waals surface area contributed by atoms with E-state index in [0.29, 0.717) is 25.1 Å². The molecular weight excluding hydrogens is 472 g/mol. The maximum absolute atomic E-state index is 13.4. The van der Waals surface area contributed by atoms with Crippen LogP contribution in [0.4, 0.5) is 15.3 Å². The van der Waals surface area contributed by atoms with Crippen LogP contribution in [0, 0.1) is 0 Å². The number of rotatable bonds is 9. The first kappa shape index (κ1) is 25.9. The highest BCUT2D eigenvalue weighted by atomic mass is 16.6. The van der Waals surface area contributed by atoms with Gasteiger partial charge in [0.25, 0.3) is 5.91 Å². The smallest absolute Gasteiger partial charge is 0.417 e. The molecule has 1 saturated heterocycles. The standard InChI is InChI=1S/C29H30N2O6/c1-3-36-26(27(32)31-25(19-37-29(31)35)16-20-8-5-4-6-9-20)17-21-12-14-22(15-13-21)23-10-7-11-24(18-23)30(2)28(33)34/h4-15,18,25-26H,3,16-17,19H2,1-2H3,(H,33,34)/t25?,26-/m0/s1. The molecule has 0 spiro atoms. The van der Waals surface area contributed by atoms with Crippen molar-refractivity contribution in [2.45, 2.75) is 31.9 Å². The number of hydrogen-bond acceptors (Lipinski definition) is 5. The quantitative estimate of drug-likeness (QED) is 0.442. The van der Waals surface area contributed by atoms with E-state index in [4.69, 9.17) is 9.47 Å². The zero-order valence-corrected chi connectivity index (χ0v) is 20.9. The molecule has 3 aromatic carbocycles. The highest BCUT2D eigenvalue weighted by Gasteiger charge is 2.41. The Labute approximate surface area is 216 Å². The van der Waals surface area contributed by atoms with Crippen molar-refractivity contribution in [3.05, 3.63) is 90.0 Å². The van der Waals surface area contributed by atoms with Crippen LogP contribution in [0.1, 0.15) is 18.1 Å². The average Bonchev–Trinajstić information content (AvgIpc) is 3.28. The Kier molecular flexibility index (Phi) is 8.20. The van der Waals surface area contributed by atoms with Gasteiger partial charge in [-0.3, -0.25) is 9.69 Å². The van der Waals surface area contributed by atoms with Crippen LogP contribution in [0.25, 0.3) is 11.1 Å². The van der Waals surface area contributed by atoms with E-state index in [2.05, 4.69) is 0 Å². The summed E-state index contributed by atoms with van der Waals surface area (Å²) in [4.78, 5) is 39.6. The van der Waals surface area contributed by atoms with Gasteiger partial charge in [0, 0.05) is 25.8 Å². The summed E-state index contributed by atoms with van der Waals surface area (Å²) in [6.45, 7) is 2.29. The number of anilines is 1. The van der Waals surface area contributed by atoms with Crippen LogP contribution in [-0.4, -0.2) is 60.5 Å². The van der Waals surface area contributed by atoms with E-state index >= 15 is 0 Å². The number of carboxylic acid groups (broad SMARTS) is 1. The fourth-order valence-electron chi connectivity index (χ4n) is 4.39. The molecule has 1 unspecified atom stereocenters. The van der Waals surface area contributed by atoms with E-state index in [1.165, 1.54) is 11.9 Å². The number of carbonyl (C=O) groups excluding carboxylic acids is 2. The van der Waals surface area contributed by atoms with Crippen molar-refractivity contribution >= 4 is 23.8 Å². The number of benzene rings is 3. The van der Waals surface area contributed by atoms with Gasteiger partial charge in [-0.2, -0.15) is 0 Å². The van der Waals surface area contributed by atoms with Crippen LogP contribution >= 0.6 is 0 Å². The largest absolute Gasteiger partial charge is 0.465 e. The third-order valence-electron chi connectivity index (χ3n) is 6.38. The van der Waals surface area contributed by atoms with Gasteiger partial charge in [-0.05, 0) is 47.7 Å². The minimum atomic E-state index is -1.04. The van der Waals surface area contributed by atoms with E-state index in [1.807, 2.05) is 79.7 Å². The van der Waals surface area contributed by atoms with Gasteiger partial charge in [-0.15, -0.1) is 0 Å². The van der Waals surface area contributed by atoms with Gasteiger partial charge in [-0.1, -0.05) is 66.7 Å². The van der Waals surface area contributed by atoms with Gasteiger partial charge in [-0.25, -0.2) is 14.5 Å². The molecule has 1 aliphatic heterocycles. The maximum atomic E-state index is 13.4. The van der Waals surface area contributed by atoms with Crippen molar-refractivity contribution in [2.75, 3.05) is 25.2 Å². The molecule has 2 atom stereocenters. The molecule has 0 aromatic heterocycles. The lowest BCUT2D eigenvalue weighted by atomic mass is 10.00. The molecule has 8 heteroatoms. The molecule has 8 nitrogen and oxygen atoms in total. The van der Waals surface area contributed by atoms with Crippen molar-refractivity contribution in [1.29, 1.82) is 0 Å². The molecule has 1 heterocycles. The van der Waals surface area contributed by atoms with Crippen molar-refractivity contribution in [3.63, 3.8) is 0 Å². The molecule has 3 aromatic rings. The van der Waals surface area contributed by atoms with E-state index in [1.54, 1.807) is 6.07 Å². The van der Waals surface area contributed by atoms with Crippen LogP contribution in [-0.2, 0) is 27.1 Å². The minimum Gasteiger partial charge on any atom is -0.465 e. The molecule has 4 rings (SSSR count). The zero-order chi connectivity index (χ0) is 26.4. The number of ether oxygens (including phenoxy) is 2. The fraction of sp³-hybridized carbons (Fsp3) is 0.276. The summed E-state index contributed by atoms with van der Waals surface area (Å²) in [5, 5.41) is 9.25. The highest BCUT2D eigenvalue weighted by Crippen LogP contribution is 2.26. The van der Waals surface area contributed by atoms with Gasteiger partial charge >= 0.3 is 12.2 Å². The molecule has 0 aliphatic carbocycles. The van der Waals surface area contributed by atoms with Crippen LogP contribution in [0.2, 0.25) is 0 Å². The summed E-state index contributed by atoms with van der Waals surface area (Å²) < 4.78 is 11.0. The predicted molar refractivity (Wildman–Crippen MR) is 140 cm³/mol. The lowest BCUT2D eigenvalue weighted by molar-refractivity contribution is -0.141. The molecule has 192 valence electrons. The summed E-state index contributed by atoms with van der Waals surface area (Å²) in [5.41, 5.74) is 4.25. The van der Waals surface area contributed by atoms with Gasteiger partial charge in [0.2, 0.25) is 0 Å². The number of nitrogens with zero attached hydrogens (tertiary/aromatic N) is 2. The first-order valence-corrected chi connectivity index (χ1v) is 12.2. The summed E-state index contributed by atoms with van der Waals surface area (Å²) >= 11 is 0. The number of cyclic esters (lactones) is 1.